The smallest absolute Gasteiger partial charge is 0.192 e. The quantitative estimate of drug-likeness (QED) is 0.308. The van der Waals surface area contributed by atoms with Crippen molar-refractivity contribution in [1.82, 2.24) is 20.4 Å². The molecule has 1 aromatic carbocycles. The van der Waals surface area contributed by atoms with E-state index in [-0.39, 0.29) is 24.0 Å². The van der Waals surface area contributed by atoms with E-state index in [9.17, 15) is 0 Å². The molecule has 2 N–H and O–H groups in total. The molecule has 1 heterocycles. The summed E-state index contributed by atoms with van der Waals surface area (Å²) in [5.41, 5.74) is 4.55. The van der Waals surface area contributed by atoms with E-state index >= 15 is 0 Å². The zero-order valence-electron chi connectivity index (χ0n) is 15.0. The van der Waals surface area contributed by atoms with Crippen LogP contribution in [0.15, 0.2) is 35.3 Å². The highest BCUT2D eigenvalue weighted by atomic mass is 127. The third kappa shape index (κ3) is 6.09. The summed E-state index contributed by atoms with van der Waals surface area (Å²) in [7, 11) is 0. The van der Waals surface area contributed by atoms with Gasteiger partial charge in [0.2, 0.25) is 0 Å². The maximum Gasteiger partial charge on any atom is 0.192 e. The zero-order chi connectivity index (χ0) is 17.4. The topological polar surface area (TPSA) is 54.2 Å². The monoisotopic (exact) mass is 451 g/mol. The molecule has 0 saturated carbocycles. The number of hydrogen-bond donors (Lipinski definition) is 2. The molecular weight excluding hydrogens is 425 g/mol. The number of halogens is 1. The predicted octanol–water partition coefficient (Wildman–Crippen LogP) is 2.85. The number of nitrogens with one attached hydrogen (secondary N) is 2. The van der Waals surface area contributed by atoms with Gasteiger partial charge >= 0.3 is 0 Å². The van der Waals surface area contributed by atoms with E-state index < -0.39 is 0 Å². The van der Waals surface area contributed by atoms with Crippen LogP contribution in [0, 0.1) is 26.2 Å². The standard InChI is InChI=1S/C19H25N5.HI/c1-5-12-21-19(20-6-2)22-13-18-15(3)23-24(16(18)4)14-17-10-8-7-9-11-17;/h1,7-11H,6,12-14H2,2-4H3,(H2,20,21,22);1H. The Hall–Kier alpha value is -2.01. The third-order valence-corrected chi connectivity index (χ3v) is 3.80. The minimum Gasteiger partial charge on any atom is -0.357 e. The first-order chi connectivity index (χ1) is 11.7. The number of guanidine groups is 1. The fourth-order valence-electron chi connectivity index (χ4n) is 2.51. The normalized spacial score (nSPS) is 10.7. The molecule has 0 amide bonds. The van der Waals surface area contributed by atoms with E-state index in [1.165, 1.54) is 5.56 Å². The Balaban J connectivity index is 0.00000312. The molecule has 0 unspecified atom stereocenters. The first-order valence-electron chi connectivity index (χ1n) is 8.18. The molecular formula is C19H26IN5. The van der Waals surface area contributed by atoms with Crippen LogP contribution in [0.3, 0.4) is 0 Å². The molecule has 2 rings (SSSR count). The van der Waals surface area contributed by atoms with E-state index in [1.54, 1.807) is 0 Å². The van der Waals surface area contributed by atoms with E-state index in [4.69, 9.17) is 6.42 Å². The molecule has 134 valence electrons. The molecule has 0 aliphatic rings. The van der Waals surface area contributed by atoms with Crippen molar-refractivity contribution < 1.29 is 0 Å². The minimum atomic E-state index is 0. The van der Waals surface area contributed by atoms with E-state index in [1.807, 2.05) is 36.7 Å². The minimum absolute atomic E-state index is 0. The second-order valence-electron chi connectivity index (χ2n) is 5.55. The van der Waals surface area contributed by atoms with Crippen LogP contribution >= 0.6 is 24.0 Å². The summed E-state index contributed by atoms with van der Waals surface area (Å²) in [4.78, 5) is 4.61. The van der Waals surface area contributed by atoms with Gasteiger partial charge in [0.25, 0.3) is 0 Å². The van der Waals surface area contributed by atoms with Crippen molar-refractivity contribution in [2.45, 2.75) is 33.9 Å². The molecule has 0 aliphatic carbocycles. The second kappa shape index (κ2) is 10.8. The van der Waals surface area contributed by atoms with Gasteiger partial charge in [-0.05, 0) is 26.3 Å². The van der Waals surface area contributed by atoms with Crippen molar-refractivity contribution in [2.24, 2.45) is 4.99 Å². The first-order valence-corrected chi connectivity index (χ1v) is 8.18. The fraction of sp³-hybridized carbons (Fsp3) is 0.368. The molecule has 0 bridgehead atoms. The van der Waals surface area contributed by atoms with Crippen LogP contribution in [0.1, 0.15) is 29.4 Å². The number of aryl methyl sites for hydroxylation is 1. The molecule has 0 saturated heterocycles. The maximum absolute atomic E-state index is 5.30. The number of nitrogens with zero attached hydrogens (tertiary/aromatic N) is 3. The van der Waals surface area contributed by atoms with Crippen LogP contribution in [-0.4, -0.2) is 28.8 Å². The van der Waals surface area contributed by atoms with Crippen LogP contribution in [0.5, 0.6) is 0 Å². The summed E-state index contributed by atoms with van der Waals surface area (Å²) >= 11 is 0. The Morgan fingerprint density at radius 2 is 1.96 bits per heavy atom. The molecule has 0 atom stereocenters. The summed E-state index contributed by atoms with van der Waals surface area (Å²) in [5.74, 6) is 3.29. The van der Waals surface area contributed by atoms with Gasteiger partial charge in [0, 0.05) is 17.8 Å². The summed E-state index contributed by atoms with van der Waals surface area (Å²) < 4.78 is 2.04. The Morgan fingerprint density at radius 1 is 1.24 bits per heavy atom. The number of rotatable bonds is 6. The van der Waals surface area contributed by atoms with Crippen LogP contribution in [0.4, 0.5) is 0 Å². The Kier molecular flexibility index (Phi) is 9.06. The third-order valence-electron chi connectivity index (χ3n) is 3.80. The van der Waals surface area contributed by atoms with Crippen molar-refractivity contribution >= 4 is 29.9 Å². The molecule has 2 aromatic rings. The summed E-state index contributed by atoms with van der Waals surface area (Å²) in [5, 5.41) is 11.0. The number of benzene rings is 1. The van der Waals surface area contributed by atoms with Crippen molar-refractivity contribution in [2.75, 3.05) is 13.1 Å². The fourth-order valence-corrected chi connectivity index (χ4v) is 2.51. The van der Waals surface area contributed by atoms with Crippen LogP contribution in [0.25, 0.3) is 0 Å². The van der Waals surface area contributed by atoms with Gasteiger partial charge in [0.15, 0.2) is 5.96 Å². The van der Waals surface area contributed by atoms with E-state index in [2.05, 4.69) is 45.7 Å². The highest BCUT2D eigenvalue weighted by molar-refractivity contribution is 14.0. The Labute approximate surface area is 167 Å². The lowest BCUT2D eigenvalue weighted by Gasteiger charge is -2.09. The van der Waals surface area contributed by atoms with Gasteiger partial charge in [-0.15, -0.1) is 30.4 Å². The summed E-state index contributed by atoms with van der Waals surface area (Å²) in [6.45, 7) is 8.75. The predicted molar refractivity (Wildman–Crippen MR) is 114 cm³/mol. The van der Waals surface area contributed by atoms with Gasteiger partial charge in [-0.25, -0.2) is 4.99 Å². The van der Waals surface area contributed by atoms with Gasteiger partial charge in [0.1, 0.15) is 0 Å². The van der Waals surface area contributed by atoms with Gasteiger partial charge in [0.05, 0.1) is 25.3 Å². The molecule has 0 spiro atoms. The summed E-state index contributed by atoms with van der Waals surface area (Å²) in [6, 6.07) is 10.3. The molecule has 0 radical (unpaired) electrons. The van der Waals surface area contributed by atoms with Gasteiger partial charge < -0.3 is 10.6 Å². The van der Waals surface area contributed by atoms with Gasteiger partial charge in [-0.2, -0.15) is 5.10 Å². The van der Waals surface area contributed by atoms with Gasteiger partial charge in [-0.1, -0.05) is 36.3 Å². The molecule has 25 heavy (non-hydrogen) atoms. The number of hydrogen-bond acceptors (Lipinski definition) is 2. The Bertz CT molecular complexity index is 728. The molecule has 5 nitrogen and oxygen atoms in total. The van der Waals surface area contributed by atoms with Crippen LogP contribution < -0.4 is 10.6 Å². The van der Waals surface area contributed by atoms with Crippen molar-refractivity contribution in [1.29, 1.82) is 0 Å². The average molecular weight is 451 g/mol. The maximum atomic E-state index is 5.30. The van der Waals surface area contributed by atoms with Crippen LogP contribution in [-0.2, 0) is 13.1 Å². The average Bonchev–Trinajstić information content (AvgIpc) is 2.85. The SMILES string of the molecule is C#CCNC(=NCc1c(C)nn(Cc2ccccc2)c1C)NCC.I. The number of aromatic nitrogens is 2. The zero-order valence-corrected chi connectivity index (χ0v) is 17.4. The second-order valence-corrected chi connectivity index (χ2v) is 5.55. The lowest BCUT2D eigenvalue weighted by Crippen LogP contribution is -2.37. The highest BCUT2D eigenvalue weighted by Gasteiger charge is 2.11. The number of terminal acetylenes is 1. The van der Waals surface area contributed by atoms with Crippen LogP contribution in [0.2, 0.25) is 0 Å². The molecule has 0 fully saturated rings. The van der Waals surface area contributed by atoms with E-state index in [0.717, 1.165) is 36.0 Å². The number of aliphatic imine (C=N–C) groups is 1. The largest absolute Gasteiger partial charge is 0.357 e. The lowest BCUT2D eigenvalue weighted by molar-refractivity contribution is 0.658. The van der Waals surface area contributed by atoms with Crippen molar-refractivity contribution in [3.05, 3.63) is 52.8 Å². The van der Waals surface area contributed by atoms with E-state index in [0.29, 0.717) is 13.1 Å². The lowest BCUT2D eigenvalue weighted by atomic mass is 10.2. The Morgan fingerprint density at radius 3 is 2.60 bits per heavy atom. The first kappa shape index (κ1) is 21.0. The summed E-state index contributed by atoms with van der Waals surface area (Å²) in [6.07, 6.45) is 5.30. The highest BCUT2D eigenvalue weighted by Crippen LogP contribution is 2.15. The molecule has 1 aromatic heterocycles. The molecule has 0 aliphatic heterocycles. The molecule has 6 heteroatoms. The van der Waals surface area contributed by atoms with Crippen molar-refractivity contribution in [3.8, 4) is 12.3 Å². The van der Waals surface area contributed by atoms with Gasteiger partial charge in [-0.3, -0.25) is 4.68 Å². The van der Waals surface area contributed by atoms with Crippen molar-refractivity contribution in [3.63, 3.8) is 0 Å².